The van der Waals surface area contributed by atoms with E-state index < -0.39 is 0 Å². The van der Waals surface area contributed by atoms with Gasteiger partial charge in [-0.15, -0.1) is 0 Å². The highest BCUT2D eigenvalue weighted by atomic mass is 16.3. The van der Waals surface area contributed by atoms with Gasteiger partial charge < -0.3 is 15.5 Å². The van der Waals surface area contributed by atoms with Crippen LogP contribution in [0.2, 0.25) is 0 Å². The lowest BCUT2D eigenvalue weighted by Gasteiger charge is -2.38. The van der Waals surface area contributed by atoms with E-state index in [0.717, 1.165) is 25.7 Å². The fourth-order valence-corrected chi connectivity index (χ4v) is 2.46. The van der Waals surface area contributed by atoms with Crippen LogP contribution in [0.4, 0.5) is 0 Å². The molecule has 3 N–H and O–H groups in total. The van der Waals surface area contributed by atoms with Crippen molar-refractivity contribution in [3.63, 3.8) is 0 Å². The first-order valence-electron chi connectivity index (χ1n) is 6.50. The number of aliphatic hydroxyl groups is 2. The second kappa shape index (κ2) is 5.99. The van der Waals surface area contributed by atoms with E-state index in [1.165, 1.54) is 6.42 Å². The Balaban J connectivity index is 2.53. The van der Waals surface area contributed by atoms with Crippen LogP contribution in [0.25, 0.3) is 0 Å². The van der Waals surface area contributed by atoms with Crippen LogP contribution in [-0.2, 0) is 0 Å². The van der Waals surface area contributed by atoms with Gasteiger partial charge in [0, 0.05) is 18.7 Å². The van der Waals surface area contributed by atoms with E-state index in [1.54, 1.807) is 0 Å². The summed E-state index contributed by atoms with van der Waals surface area (Å²) in [6.07, 6.45) is 4.85. The summed E-state index contributed by atoms with van der Waals surface area (Å²) in [4.78, 5) is 0. The van der Waals surface area contributed by atoms with Crippen LogP contribution in [0.5, 0.6) is 0 Å². The maximum absolute atomic E-state index is 9.93. The second-order valence-corrected chi connectivity index (χ2v) is 6.06. The summed E-state index contributed by atoms with van der Waals surface area (Å²) in [7, 11) is 0. The summed E-state index contributed by atoms with van der Waals surface area (Å²) < 4.78 is 0. The fraction of sp³-hybridized carbons (Fsp3) is 1.00. The highest BCUT2D eigenvalue weighted by Crippen LogP contribution is 2.25. The lowest BCUT2D eigenvalue weighted by molar-refractivity contribution is 0.0685. The predicted octanol–water partition coefficient (Wildman–Crippen LogP) is 1.68. The van der Waals surface area contributed by atoms with Crippen molar-refractivity contribution in [3.05, 3.63) is 0 Å². The van der Waals surface area contributed by atoms with Crippen LogP contribution in [0.3, 0.4) is 0 Å². The Morgan fingerprint density at radius 3 is 2.38 bits per heavy atom. The van der Waals surface area contributed by atoms with E-state index >= 15 is 0 Å². The normalized spacial score (nSPS) is 29.1. The van der Waals surface area contributed by atoms with Crippen molar-refractivity contribution < 1.29 is 10.2 Å². The highest BCUT2D eigenvalue weighted by Gasteiger charge is 2.30. The number of rotatable bonds is 4. The van der Waals surface area contributed by atoms with Crippen molar-refractivity contribution in [3.8, 4) is 0 Å². The van der Waals surface area contributed by atoms with E-state index in [-0.39, 0.29) is 30.2 Å². The van der Waals surface area contributed by atoms with E-state index in [9.17, 15) is 5.11 Å². The lowest BCUT2D eigenvalue weighted by atomic mass is 9.82. The van der Waals surface area contributed by atoms with Crippen LogP contribution in [0.15, 0.2) is 0 Å². The molecule has 0 radical (unpaired) electrons. The summed E-state index contributed by atoms with van der Waals surface area (Å²) in [6.45, 7) is 6.73. The molecule has 0 saturated heterocycles. The van der Waals surface area contributed by atoms with Gasteiger partial charge >= 0.3 is 0 Å². The minimum absolute atomic E-state index is 0.125. The zero-order valence-electron chi connectivity index (χ0n) is 10.9. The molecule has 96 valence electrons. The summed E-state index contributed by atoms with van der Waals surface area (Å²) in [5, 5.41) is 22.6. The Bertz CT molecular complexity index is 201. The Labute approximate surface area is 99.3 Å². The molecule has 0 aromatic carbocycles. The number of hydrogen-bond donors (Lipinski definition) is 3. The van der Waals surface area contributed by atoms with Gasteiger partial charge in [-0.2, -0.15) is 0 Å². The molecule has 0 bridgehead atoms. The molecule has 1 aliphatic rings. The van der Waals surface area contributed by atoms with E-state index in [0.29, 0.717) is 0 Å². The smallest absolute Gasteiger partial charge is 0.0693 e. The second-order valence-electron chi connectivity index (χ2n) is 6.06. The molecule has 1 unspecified atom stereocenters. The molecule has 1 saturated carbocycles. The molecule has 0 aromatic heterocycles. The van der Waals surface area contributed by atoms with Gasteiger partial charge in [-0.25, -0.2) is 0 Å². The molecule has 1 rings (SSSR count). The average Bonchev–Trinajstić information content (AvgIpc) is 2.19. The highest BCUT2D eigenvalue weighted by molar-refractivity contribution is 4.88. The van der Waals surface area contributed by atoms with Crippen LogP contribution in [0, 0.1) is 5.41 Å². The van der Waals surface area contributed by atoms with E-state index in [2.05, 4.69) is 26.1 Å². The monoisotopic (exact) mass is 229 g/mol. The van der Waals surface area contributed by atoms with Gasteiger partial charge in [0.15, 0.2) is 0 Å². The third-order valence-corrected chi connectivity index (χ3v) is 3.61. The average molecular weight is 229 g/mol. The molecule has 1 aliphatic carbocycles. The Morgan fingerprint density at radius 1 is 1.25 bits per heavy atom. The van der Waals surface area contributed by atoms with Crippen LogP contribution >= 0.6 is 0 Å². The standard InChI is InChI=1S/C13H27NO2/c1-13(2,3)12(8-9-15)14-10-6-4-5-7-11(10)16/h10-12,14-16H,4-9H2,1-3H3/t10-,11-,12?/m0/s1. The Morgan fingerprint density at radius 2 is 1.88 bits per heavy atom. The first-order valence-corrected chi connectivity index (χ1v) is 6.50. The van der Waals surface area contributed by atoms with Crippen molar-refractivity contribution in [2.24, 2.45) is 5.41 Å². The maximum Gasteiger partial charge on any atom is 0.0693 e. The van der Waals surface area contributed by atoms with Gasteiger partial charge in [0.1, 0.15) is 0 Å². The van der Waals surface area contributed by atoms with Gasteiger partial charge in [-0.3, -0.25) is 0 Å². The molecule has 3 atom stereocenters. The molecule has 0 aliphatic heterocycles. The molecule has 1 fully saturated rings. The van der Waals surface area contributed by atoms with Gasteiger partial charge in [0.2, 0.25) is 0 Å². The summed E-state index contributed by atoms with van der Waals surface area (Å²) in [5.41, 5.74) is 0.125. The topological polar surface area (TPSA) is 52.5 Å². The molecule has 0 spiro atoms. The minimum atomic E-state index is -0.211. The molecular formula is C13H27NO2. The SMILES string of the molecule is CC(C)(C)C(CCO)N[C@H]1CCCC[C@@H]1O. The lowest BCUT2D eigenvalue weighted by Crippen LogP contribution is -2.51. The quantitative estimate of drug-likeness (QED) is 0.687. The molecular weight excluding hydrogens is 202 g/mol. The third-order valence-electron chi connectivity index (χ3n) is 3.61. The first kappa shape index (κ1) is 13.9. The van der Waals surface area contributed by atoms with Crippen LogP contribution in [0.1, 0.15) is 52.9 Å². The molecule has 3 heteroatoms. The maximum atomic E-state index is 9.93. The fourth-order valence-electron chi connectivity index (χ4n) is 2.46. The van der Waals surface area contributed by atoms with Gasteiger partial charge in [0.25, 0.3) is 0 Å². The zero-order valence-corrected chi connectivity index (χ0v) is 10.9. The summed E-state index contributed by atoms with van der Waals surface area (Å²) >= 11 is 0. The van der Waals surface area contributed by atoms with Crippen molar-refractivity contribution in [2.75, 3.05) is 6.61 Å². The molecule has 0 aromatic rings. The van der Waals surface area contributed by atoms with Crippen molar-refractivity contribution in [1.82, 2.24) is 5.32 Å². The molecule has 0 heterocycles. The molecule has 16 heavy (non-hydrogen) atoms. The largest absolute Gasteiger partial charge is 0.396 e. The number of hydrogen-bond acceptors (Lipinski definition) is 3. The van der Waals surface area contributed by atoms with E-state index in [1.807, 2.05) is 0 Å². The number of nitrogens with one attached hydrogen (secondary N) is 1. The van der Waals surface area contributed by atoms with E-state index in [4.69, 9.17) is 5.11 Å². The van der Waals surface area contributed by atoms with Crippen LogP contribution in [-0.4, -0.2) is 35.0 Å². The predicted molar refractivity (Wildman–Crippen MR) is 66.3 cm³/mol. The summed E-state index contributed by atoms with van der Waals surface area (Å²) in [6, 6.07) is 0.486. The molecule has 3 nitrogen and oxygen atoms in total. The van der Waals surface area contributed by atoms with Gasteiger partial charge in [0.05, 0.1) is 6.10 Å². The van der Waals surface area contributed by atoms with Crippen molar-refractivity contribution >= 4 is 0 Å². The van der Waals surface area contributed by atoms with Crippen molar-refractivity contribution in [1.29, 1.82) is 0 Å². The number of aliphatic hydroxyl groups excluding tert-OH is 2. The van der Waals surface area contributed by atoms with Crippen LogP contribution < -0.4 is 5.32 Å². The van der Waals surface area contributed by atoms with Crippen molar-refractivity contribution in [2.45, 2.75) is 71.1 Å². The van der Waals surface area contributed by atoms with Gasteiger partial charge in [-0.1, -0.05) is 33.6 Å². The first-order chi connectivity index (χ1) is 7.45. The Kier molecular flexibility index (Phi) is 5.22. The van der Waals surface area contributed by atoms with Gasteiger partial charge in [-0.05, 0) is 24.7 Å². The summed E-state index contributed by atoms with van der Waals surface area (Å²) in [5.74, 6) is 0. The minimum Gasteiger partial charge on any atom is -0.396 e. The zero-order chi connectivity index (χ0) is 12.2. The Hall–Kier alpha value is -0.120. The third kappa shape index (κ3) is 4.04. The molecule has 0 amide bonds.